The van der Waals surface area contributed by atoms with Crippen molar-refractivity contribution in [3.8, 4) is 0 Å². The third-order valence-corrected chi connectivity index (χ3v) is 4.91. The van der Waals surface area contributed by atoms with E-state index in [0.29, 0.717) is 9.63 Å². The van der Waals surface area contributed by atoms with E-state index in [9.17, 15) is 28.0 Å². The minimum atomic E-state index is -4.79. The molecule has 142 valence electrons. The van der Waals surface area contributed by atoms with E-state index >= 15 is 0 Å². The molecule has 1 aromatic heterocycles. The molecule has 1 N–H and O–H groups in total. The van der Waals surface area contributed by atoms with Crippen molar-refractivity contribution in [3.63, 3.8) is 0 Å². The number of thioether (sulfide) groups is 1. The Labute approximate surface area is 156 Å². The zero-order chi connectivity index (χ0) is 19.6. The van der Waals surface area contributed by atoms with Crippen LogP contribution in [0.15, 0.2) is 53.7 Å². The van der Waals surface area contributed by atoms with Crippen molar-refractivity contribution < 1.29 is 27.5 Å². The van der Waals surface area contributed by atoms with Gasteiger partial charge in [0.05, 0.1) is 23.5 Å². The molecule has 2 amide bonds. The van der Waals surface area contributed by atoms with Gasteiger partial charge in [-0.2, -0.15) is 17.9 Å². The van der Waals surface area contributed by atoms with Gasteiger partial charge < -0.3 is 10.5 Å². The summed E-state index contributed by atoms with van der Waals surface area (Å²) in [6.07, 6.45) is -4.46. The van der Waals surface area contributed by atoms with Gasteiger partial charge in [0.15, 0.2) is 6.20 Å². The molecular weight excluding hydrogens is 383 g/mol. The van der Waals surface area contributed by atoms with Crippen LogP contribution < -0.4 is 14.9 Å². The van der Waals surface area contributed by atoms with Gasteiger partial charge in [-0.25, -0.2) is 0 Å². The Hall–Kier alpha value is -2.75. The van der Waals surface area contributed by atoms with Crippen LogP contribution in [0.5, 0.6) is 0 Å². The largest absolute Gasteiger partial charge is 0.618 e. The highest BCUT2D eigenvalue weighted by molar-refractivity contribution is 7.99. The fourth-order valence-corrected chi connectivity index (χ4v) is 3.50. The lowest BCUT2D eigenvalue weighted by Crippen LogP contribution is -2.50. The molecule has 1 aliphatic rings. The summed E-state index contributed by atoms with van der Waals surface area (Å²) in [6, 6.07) is 8.08. The number of pyridine rings is 1. The number of benzene rings is 1. The Morgan fingerprint density at radius 1 is 1.26 bits per heavy atom. The van der Waals surface area contributed by atoms with Crippen molar-refractivity contribution in [1.29, 1.82) is 0 Å². The van der Waals surface area contributed by atoms with E-state index < -0.39 is 30.5 Å². The number of alkyl halides is 3. The number of aromatic nitrogens is 1. The van der Waals surface area contributed by atoms with Crippen molar-refractivity contribution >= 4 is 35.0 Å². The van der Waals surface area contributed by atoms with E-state index in [2.05, 4.69) is 5.32 Å². The molecule has 1 unspecified atom stereocenters. The van der Waals surface area contributed by atoms with Crippen LogP contribution >= 0.6 is 11.8 Å². The smallest absolute Gasteiger partial charge is 0.409 e. The lowest BCUT2D eigenvalue weighted by Gasteiger charge is -2.31. The highest BCUT2D eigenvalue weighted by Gasteiger charge is 2.48. The van der Waals surface area contributed by atoms with Gasteiger partial charge >= 0.3 is 6.18 Å². The van der Waals surface area contributed by atoms with E-state index in [-0.39, 0.29) is 22.2 Å². The van der Waals surface area contributed by atoms with Crippen LogP contribution in [0.1, 0.15) is 6.42 Å². The zero-order valence-electron chi connectivity index (χ0n) is 13.8. The van der Waals surface area contributed by atoms with Crippen molar-refractivity contribution in [2.24, 2.45) is 0 Å². The lowest BCUT2D eigenvalue weighted by molar-refractivity contribution is -0.645. The molecule has 2 heterocycles. The Kier molecular flexibility index (Phi) is 5.26. The molecule has 3 rings (SSSR count). The van der Waals surface area contributed by atoms with Crippen molar-refractivity contribution in [2.75, 3.05) is 16.0 Å². The molecule has 1 aliphatic heterocycles. The summed E-state index contributed by atoms with van der Waals surface area (Å²) in [4.78, 5) is 25.2. The maximum atomic E-state index is 13.6. The molecule has 27 heavy (non-hydrogen) atoms. The summed E-state index contributed by atoms with van der Waals surface area (Å²) < 4.78 is 41.3. The summed E-state index contributed by atoms with van der Waals surface area (Å²) in [6.45, 7) is 0. The topological polar surface area (TPSA) is 76.4 Å². The third-order valence-electron chi connectivity index (χ3n) is 3.91. The van der Waals surface area contributed by atoms with Crippen molar-refractivity contribution in [3.05, 3.63) is 53.9 Å². The minimum absolute atomic E-state index is 0.0284. The number of carbonyl (C=O) groups is 2. The van der Waals surface area contributed by atoms with Crippen LogP contribution in [0, 0.1) is 5.21 Å². The molecule has 0 saturated heterocycles. The molecule has 0 saturated carbocycles. The predicted octanol–water partition coefficient (Wildman–Crippen LogP) is 2.72. The first kappa shape index (κ1) is 19.0. The number of anilines is 2. The van der Waals surface area contributed by atoms with Gasteiger partial charge in [0.1, 0.15) is 6.04 Å². The second-order valence-corrected chi connectivity index (χ2v) is 6.74. The van der Waals surface area contributed by atoms with Crippen molar-refractivity contribution in [2.45, 2.75) is 23.7 Å². The molecule has 0 fully saturated rings. The van der Waals surface area contributed by atoms with Gasteiger partial charge in [-0.1, -0.05) is 12.1 Å². The number of fused-ring (bicyclic) bond motifs is 1. The van der Waals surface area contributed by atoms with E-state index in [4.69, 9.17) is 0 Å². The molecule has 1 atom stereocenters. The first-order valence-electron chi connectivity index (χ1n) is 7.86. The summed E-state index contributed by atoms with van der Waals surface area (Å²) in [5, 5.41) is 14.2. The highest BCUT2D eigenvalue weighted by Crippen LogP contribution is 2.38. The van der Waals surface area contributed by atoms with E-state index in [0.717, 1.165) is 11.8 Å². The first-order chi connectivity index (χ1) is 12.8. The Morgan fingerprint density at radius 2 is 1.96 bits per heavy atom. The molecule has 6 nitrogen and oxygen atoms in total. The van der Waals surface area contributed by atoms with E-state index in [1.165, 1.54) is 36.5 Å². The fourth-order valence-electron chi connectivity index (χ4n) is 2.73. The average molecular weight is 397 g/mol. The van der Waals surface area contributed by atoms with Gasteiger partial charge in [-0.05, 0) is 30.0 Å². The molecule has 1 aromatic carbocycles. The molecule has 2 aromatic rings. The number of carbonyl (C=O) groups excluding carboxylic acids is 2. The van der Waals surface area contributed by atoms with Gasteiger partial charge in [0.2, 0.25) is 11.8 Å². The number of rotatable bonds is 3. The fraction of sp³-hybridized carbons (Fsp3) is 0.235. The van der Waals surface area contributed by atoms with Crippen LogP contribution in [0.2, 0.25) is 0 Å². The first-order valence-corrected chi connectivity index (χ1v) is 8.84. The second kappa shape index (κ2) is 7.47. The number of halogens is 3. The monoisotopic (exact) mass is 397 g/mol. The third kappa shape index (κ3) is 4.16. The summed E-state index contributed by atoms with van der Waals surface area (Å²) in [5.41, 5.74) is 0.102. The van der Waals surface area contributed by atoms with Crippen molar-refractivity contribution in [1.82, 2.24) is 0 Å². The predicted molar refractivity (Wildman–Crippen MR) is 93.1 cm³/mol. The Bertz CT molecular complexity index is 876. The Balaban J connectivity index is 1.94. The molecule has 0 radical (unpaired) electrons. The highest BCUT2D eigenvalue weighted by atomic mass is 32.2. The number of amides is 2. The van der Waals surface area contributed by atoms with Crippen LogP contribution in [0.3, 0.4) is 0 Å². The molecular formula is C17H14F3N3O3S. The molecule has 0 bridgehead atoms. The van der Waals surface area contributed by atoms with Gasteiger partial charge in [-0.3, -0.25) is 14.5 Å². The Morgan fingerprint density at radius 3 is 2.67 bits per heavy atom. The molecule has 0 spiro atoms. The molecule has 0 aliphatic carbocycles. The number of para-hydroxylation sites is 2. The maximum Gasteiger partial charge on any atom is 0.409 e. The average Bonchev–Trinajstić information content (AvgIpc) is 2.76. The standard InChI is InChI=1S/C17H14F3N3O3S/c18-17(19,20)13-9-14(24)21-11-5-1-2-6-12(11)23(13)15(25)10-27-16-7-3-4-8-22(16)26/h1-8,13H,9-10H2,(H,21,24). The van der Waals surface area contributed by atoms with Crippen LogP contribution in [-0.4, -0.2) is 29.8 Å². The number of hydrogen-bond donors (Lipinski definition) is 1. The number of hydrogen-bond acceptors (Lipinski definition) is 4. The number of nitrogens with one attached hydrogen (secondary N) is 1. The van der Waals surface area contributed by atoms with E-state index in [1.807, 2.05) is 0 Å². The normalized spacial score (nSPS) is 17.1. The second-order valence-electron chi connectivity index (χ2n) is 5.74. The molecule has 10 heteroatoms. The SMILES string of the molecule is O=C1CC(C(F)(F)F)N(C(=O)CSc2cccc[n+]2[O-])c2ccccc2N1. The van der Waals surface area contributed by atoms with Gasteiger partial charge in [0.25, 0.3) is 5.03 Å². The minimum Gasteiger partial charge on any atom is -0.618 e. The summed E-state index contributed by atoms with van der Waals surface area (Å²) >= 11 is 0.830. The number of nitrogens with zero attached hydrogens (tertiary/aromatic N) is 2. The lowest BCUT2D eigenvalue weighted by atomic mass is 10.1. The summed E-state index contributed by atoms with van der Waals surface area (Å²) in [5.74, 6) is -2.07. The van der Waals surface area contributed by atoms with E-state index in [1.54, 1.807) is 12.1 Å². The van der Waals surface area contributed by atoms with Gasteiger partial charge in [0, 0.05) is 12.1 Å². The van der Waals surface area contributed by atoms with Crippen LogP contribution in [0.4, 0.5) is 24.5 Å². The quantitative estimate of drug-likeness (QED) is 0.491. The van der Waals surface area contributed by atoms with Crippen LogP contribution in [-0.2, 0) is 9.59 Å². The zero-order valence-corrected chi connectivity index (χ0v) is 14.6. The summed E-state index contributed by atoms with van der Waals surface area (Å²) in [7, 11) is 0. The van der Waals surface area contributed by atoms with Gasteiger partial charge in [-0.15, -0.1) is 0 Å². The maximum absolute atomic E-state index is 13.6. The van der Waals surface area contributed by atoms with Crippen LogP contribution in [0.25, 0.3) is 0 Å².